The molecule has 2 nitrogen and oxygen atoms in total. The van der Waals surface area contributed by atoms with Crippen molar-refractivity contribution in [3.05, 3.63) is 40.4 Å². The van der Waals surface area contributed by atoms with Gasteiger partial charge in [0.15, 0.2) is 0 Å². The summed E-state index contributed by atoms with van der Waals surface area (Å²) in [5.41, 5.74) is 1.36. The van der Waals surface area contributed by atoms with Crippen LogP contribution < -0.4 is 5.32 Å². The first kappa shape index (κ1) is 10.8. The standard InChI is InChI=1S/C11H12ClNO/c1-3-5-8-6-4-7-9(12)10(8)11(14)13-2/h3-7H,1-2H3,(H,13,14)/b5-3+. The lowest BCUT2D eigenvalue weighted by atomic mass is 10.1. The van der Waals surface area contributed by atoms with Crippen molar-refractivity contribution >= 4 is 23.6 Å². The average molecular weight is 210 g/mol. The van der Waals surface area contributed by atoms with Gasteiger partial charge in [0.2, 0.25) is 0 Å². The maximum atomic E-state index is 11.5. The predicted molar refractivity (Wildman–Crippen MR) is 59.6 cm³/mol. The van der Waals surface area contributed by atoms with Gasteiger partial charge < -0.3 is 5.32 Å². The first-order valence-corrected chi connectivity index (χ1v) is 4.71. The van der Waals surface area contributed by atoms with Crippen LogP contribution in [-0.2, 0) is 0 Å². The Morgan fingerprint density at radius 3 is 2.79 bits per heavy atom. The van der Waals surface area contributed by atoms with Crippen LogP contribution in [0.5, 0.6) is 0 Å². The largest absolute Gasteiger partial charge is 0.355 e. The number of hydrogen-bond donors (Lipinski definition) is 1. The summed E-state index contributed by atoms with van der Waals surface area (Å²) >= 11 is 5.94. The zero-order valence-corrected chi connectivity index (χ0v) is 8.93. The first-order chi connectivity index (χ1) is 6.70. The van der Waals surface area contributed by atoms with Gasteiger partial charge in [-0.3, -0.25) is 4.79 Å². The van der Waals surface area contributed by atoms with Crippen molar-refractivity contribution in [3.8, 4) is 0 Å². The van der Waals surface area contributed by atoms with E-state index in [1.165, 1.54) is 0 Å². The summed E-state index contributed by atoms with van der Waals surface area (Å²) in [6.45, 7) is 1.90. The molecule has 1 aromatic carbocycles. The number of hydrogen-bond acceptors (Lipinski definition) is 1. The summed E-state index contributed by atoms with van der Waals surface area (Å²) in [4.78, 5) is 11.5. The highest BCUT2D eigenvalue weighted by atomic mass is 35.5. The molecule has 1 amide bonds. The molecule has 1 N–H and O–H groups in total. The van der Waals surface area contributed by atoms with Gasteiger partial charge >= 0.3 is 0 Å². The molecule has 0 unspecified atom stereocenters. The van der Waals surface area contributed by atoms with E-state index < -0.39 is 0 Å². The topological polar surface area (TPSA) is 29.1 Å². The van der Waals surface area contributed by atoms with Crippen LogP contribution in [0.4, 0.5) is 0 Å². The normalized spacial score (nSPS) is 10.5. The summed E-state index contributed by atoms with van der Waals surface area (Å²) in [5.74, 6) is -0.163. The second-order valence-electron chi connectivity index (χ2n) is 2.78. The SMILES string of the molecule is C/C=C/c1cccc(Cl)c1C(=O)NC. The molecular formula is C11H12ClNO. The Balaban J connectivity index is 3.29. The van der Waals surface area contributed by atoms with E-state index >= 15 is 0 Å². The molecular weight excluding hydrogens is 198 g/mol. The van der Waals surface area contributed by atoms with Gasteiger partial charge in [-0.2, -0.15) is 0 Å². The van der Waals surface area contributed by atoms with Gasteiger partial charge in [0, 0.05) is 7.05 Å². The Kier molecular flexibility index (Phi) is 3.72. The van der Waals surface area contributed by atoms with Gasteiger partial charge in [-0.15, -0.1) is 0 Å². The van der Waals surface area contributed by atoms with Crippen LogP contribution >= 0.6 is 11.6 Å². The molecule has 74 valence electrons. The fraction of sp³-hybridized carbons (Fsp3) is 0.182. The Morgan fingerprint density at radius 1 is 1.50 bits per heavy atom. The molecule has 1 aromatic rings. The monoisotopic (exact) mass is 209 g/mol. The Bertz CT molecular complexity index is 372. The average Bonchev–Trinajstić information content (AvgIpc) is 2.18. The van der Waals surface area contributed by atoms with Crippen LogP contribution in [0.25, 0.3) is 6.08 Å². The van der Waals surface area contributed by atoms with Gasteiger partial charge in [-0.25, -0.2) is 0 Å². The van der Waals surface area contributed by atoms with Gasteiger partial charge in [-0.1, -0.05) is 35.9 Å². The van der Waals surface area contributed by atoms with Crippen molar-refractivity contribution in [1.82, 2.24) is 5.32 Å². The lowest BCUT2D eigenvalue weighted by Crippen LogP contribution is -2.19. The van der Waals surface area contributed by atoms with E-state index in [1.807, 2.05) is 31.2 Å². The minimum atomic E-state index is -0.163. The number of carbonyl (C=O) groups excluding carboxylic acids is 1. The number of benzene rings is 1. The van der Waals surface area contributed by atoms with Crippen LogP contribution in [0.15, 0.2) is 24.3 Å². The minimum absolute atomic E-state index is 0.163. The second kappa shape index (κ2) is 4.82. The predicted octanol–water partition coefficient (Wildman–Crippen LogP) is 2.73. The molecule has 0 spiro atoms. The molecule has 0 bridgehead atoms. The van der Waals surface area contributed by atoms with Gasteiger partial charge in [0.05, 0.1) is 10.6 Å². The molecule has 0 atom stereocenters. The van der Waals surface area contributed by atoms with E-state index in [9.17, 15) is 4.79 Å². The van der Waals surface area contributed by atoms with E-state index in [0.717, 1.165) is 5.56 Å². The zero-order valence-electron chi connectivity index (χ0n) is 8.17. The highest BCUT2D eigenvalue weighted by Crippen LogP contribution is 2.20. The molecule has 0 aliphatic carbocycles. The highest BCUT2D eigenvalue weighted by molar-refractivity contribution is 6.34. The molecule has 0 heterocycles. The van der Waals surface area contributed by atoms with Crippen molar-refractivity contribution < 1.29 is 4.79 Å². The molecule has 1 rings (SSSR count). The maximum Gasteiger partial charge on any atom is 0.253 e. The zero-order chi connectivity index (χ0) is 10.6. The Hall–Kier alpha value is -1.28. The van der Waals surface area contributed by atoms with E-state index in [0.29, 0.717) is 10.6 Å². The second-order valence-corrected chi connectivity index (χ2v) is 3.19. The minimum Gasteiger partial charge on any atom is -0.355 e. The maximum absolute atomic E-state index is 11.5. The van der Waals surface area contributed by atoms with Gasteiger partial charge in [0.1, 0.15) is 0 Å². The third kappa shape index (κ3) is 2.15. The third-order valence-electron chi connectivity index (χ3n) is 1.85. The van der Waals surface area contributed by atoms with E-state index in [1.54, 1.807) is 13.1 Å². The Labute approximate surface area is 88.6 Å². The third-order valence-corrected chi connectivity index (χ3v) is 2.16. The number of halogens is 1. The van der Waals surface area contributed by atoms with Crippen molar-refractivity contribution in [2.45, 2.75) is 6.92 Å². The Morgan fingerprint density at radius 2 is 2.21 bits per heavy atom. The van der Waals surface area contributed by atoms with Crippen LogP contribution in [0.3, 0.4) is 0 Å². The summed E-state index contributed by atoms with van der Waals surface area (Å²) in [6.07, 6.45) is 3.73. The van der Waals surface area contributed by atoms with Crippen LogP contribution in [-0.4, -0.2) is 13.0 Å². The summed E-state index contributed by atoms with van der Waals surface area (Å²) in [6, 6.07) is 5.39. The summed E-state index contributed by atoms with van der Waals surface area (Å²) in [5, 5.41) is 3.04. The molecule has 14 heavy (non-hydrogen) atoms. The fourth-order valence-electron chi connectivity index (χ4n) is 1.22. The lowest BCUT2D eigenvalue weighted by molar-refractivity contribution is 0.0963. The molecule has 0 saturated heterocycles. The smallest absolute Gasteiger partial charge is 0.253 e. The van der Waals surface area contributed by atoms with Gasteiger partial charge in [0.25, 0.3) is 5.91 Å². The highest BCUT2D eigenvalue weighted by Gasteiger charge is 2.11. The van der Waals surface area contributed by atoms with E-state index in [2.05, 4.69) is 5.32 Å². The number of allylic oxidation sites excluding steroid dienone is 1. The molecule has 0 saturated carbocycles. The molecule has 0 radical (unpaired) electrons. The number of carbonyl (C=O) groups is 1. The molecule has 0 aliphatic heterocycles. The van der Waals surface area contributed by atoms with E-state index in [4.69, 9.17) is 11.6 Å². The summed E-state index contributed by atoms with van der Waals surface area (Å²) in [7, 11) is 1.59. The molecule has 3 heteroatoms. The van der Waals surface area contributed by atoms with Crippen LogP contribution in [0.1, 0.15) is 22.8 Å². The van der Waals surface area contributed by atoms with E-state index in [-0.39, 0.29) is 5.91 Å². The molecule has 0 aromatic heterocycles. The van der Waals surface area contributed by atoms with Crippen molar-refractivity contribution in [2.75, 3.05) is 7.05 Å². The van der Waals surface area contributed by atoms with Crippen molar-refractivity contribution in [1.29, 1.82) is 0 Å². The van der Waals surface area contributed by atoms with Crippen LogP contribution in [0, 0.1) is 0 Å². The lowest BCUT2D eigenvalue weighted by Gasteiger charge is -2.06. The molecule has 0 aliphatic rings. The number of nitrogens with one attached hydrogen (secondary N) is 1. The summed E-state index contributed by atoms with van der Waals surface area (Å²) < 4.78 is 0. The first-order valence-electron chi connectivity index (χ1n) is 4.34. The number of rotatable bonds is 2. The van der Waals surface area contributed by atoms with Crippen LogP contribution in [0.2, 0.25) is 5.02 Å². The molecule has 0 fully saturated rings. The van der Waals surface area contributed by atoms with Crippen molar-refractivity contribution in [3.63, 3.8) is 0 Å². The van der Waals surface area contributed by atoms with Crippen molar-refractivity contribution in [2.24, 2.45) is 0 Å². The number of amides is 1. The van der Waals surface area contributed by atoms with Gasteiger partial charge in [-0.05, 0) is 18.6 Å². The fourth-order valence-corrected chi connectivity index (χ4v) is 1.49. The quantitative estimate of drug-likeness (QED) is 0.798.